The van der Waals surface area contributed by atoms with Crippen LogP contribution in [0.25, 0.3) is 0 Å². The van der Waals surface area contributed by atoms with E-state index in [1.54, 1.807) is 30.3 Å². The Kier molecular flexibility index (Phi) is 8.77. The Hall–Kier alpha value is -3.95. The number of rotatable bonds is 9. The minimum atomic E-state index is -2.20. The van der Waals surface area contributed by atoms with Crippen LogP contribution in [-0.4, -0.2) is 46.1 Å². The van der Waals surface area contributed by atoms with Crippen molar-refractivity contribution in [2.75, 3.05) is 0 Å². The molecule has 0 aliphatic heterocycles. The number of hydrogen-bond donors (Lipinski definition) is 2. The summed E-state index contributed by atoms with van der Waals surface area (Å²) in [6.07, 6.45) is -2.76. The van der Waals surface area contributed by atoms with Gasteiger partial charge in [0.2, 0.25) is 12.2 Å². The van der Waals surface area contributed by atoms with Crippen molar-refractivity contribution in [3.05, 3.63) is 99.8 Å². The fourth-order valence-electron chi connectivity index (χ4n) is 2.89. The molecular formula is C24H18Cl2N2O7. The first-order valence-corrected chi connectivity index (χ1v) is 10.8. The highest BCUT2D eigenvalue weighted by Gasteiger charge is 2.41. The Morgan fingerprint density at radius 3 is 1.80 bits per heavy atom. The Labute approximate surface area is 209 Å². The average molecular weight is 517 g/mol. The Morgan fingerprint density at radius 2 is 1.31 bits per heavy atom. The SMILES string of the molecule is O=C(O[C@H](C(=O)O)[C@H](OC(=O)c1ccccc1Cl)C(=O)NCc1ccccn1)c1ccccc1Cl. The normalized spacial score (nSPS) is 12.2. The van der Waals surface area contributed by atoms with Gasteiger partial charge in [-0.25, -0.2) is 14.4 Å². The van der Waals surface area contributed by atoms with Crippen LogP contribution in [0.1, 0.15) is 26.4 Å². The van der Waals surface area contributed by atoms with E-state index < -0.39 is 36.0 Å². The van der Waals surface area contributed by atoms with Crippen molar-refractivity contribution in [2.45, 2.75) is 18.8 Å². The fourth-order valence-corrected chi connectivity index (χ4v) is 3.31. The standard InChI is InChI=1S/C24H18Cl2N2O7/c25-17-10-3-1-8-15(17)23(32)34-19(21(29)28-13-14-7-5-6-12-27-14)20(22(30)31)35-24(33)16-9-2-4-11-18(16)26/h1-12,19-20H,13H2,(H,28,29)(H,30,31)/t19-,20-/m0/s1. The molecule has 0 fully saturated rings. The lowest BCUT2D eigenvalue weighted by molar-refractivity contribution is -0.159. The van der Waals surface area contributed by atoms with Gasteiger partial charge in [-0.1, -0.05) is 53.5 Å². The zero-order valence-electron chi connectivity index (χ0n) is 17.9. The van der Waals surface area contributed by atoms with Gasteiger partial charge in [-0.05, 0) is 36.4 Å². The van der Waals surface area contributed by atoms with E-state index in [0.29, 0.717) is 5.69 Å². The molecule has 180 valence electrons. The van der Waals surface area contributed by atoms with Crippen LogP contribution < -0.4 is 5.32 Å². The Balaban J connectivity index is 1.88. The fraction of sp³-hybridized carbons (Fsp3) is 0.125. The minimum Gasteiger partial charge on any atom is -0.478 e. The molecule has 0 bridgehead atoms. The number of hydrogen-bond acceptors (Lipinski definition) is 7. The van der Waals surface area contributed by atoms with Gasteiger partial charge in [-0.3, -0.25) is 9.78 Å². The summed E-state index contributed by atoms with van der Waals surface area (Å²) in [5, 5.41) is 12.2. The van der Waals surface area contributed by atoms with E-state index >= 15 is 0 Å². The molecule has 1 aromatic heterocycles. The molecule has 0 unspecified atom stereocenters. The van der Waals surface area contributed by atoms with E-state index in [4.69, 9.17) is 32.7 Å². The highest BCUT2D eigenvalue weighted by Crippen LogP contribution is 2.21. The molecule has 9 nitrogen and oxygen atoms in total. The lowest BCUT2D eigenvalue weighted by Gasteiger charge is -2.23. The quantitative estimate of drug-likeness (QED) is 0.412. The number of aliphatic carboxylic acids is 1. The first-order valence-electron chi connectivity index (χ1n) is 10.1. The maximum atomic E-state index is 13.0. The van der Waals surface area contributed by atoms with Crippen LogP contribution in [0.15, 0.2) is 72.9 Å². The van der Waals surface area contributed by atoms with Gasteiger partial charge in [0.1, 0.15) is 0 Å². The molecule has 2 atom stereocenters. The van der Waals surface area contributed by atoms with Gasteiger partial charge in [0.25, 0.3) is 5.91 Å². The molecule has 3 rings (SSSR count). The monoisotopic (exact) mass is 516 g/mol. The van der Waals surface area contributed by atoms with Crippen LogP contribution in [0.3, 0.4) is 0 Å². The van der Waals surface area contributed by atoms with Crippen LogP contribution in [0.5, 0.6) is 0 Å². The van der Waals surface area contributed by atoms with Gasteiger partial charge in [0.15, 0.2) is 0 Å². The van der Waals surface area contributed by atoms with E-state index in [1.807, 2.05) is 0 Å². The number of carboxylic acid groups (broad SMARTS) is 1. The second-order valence-electron chi connectivity index (χ2n) is 6.99. The summed E-state index contributed by atoms with van der Waals surface area (Å²) < 4.78 is 10.3. The van der Waals surface area contributed by atoms with Crippen molar-refractivity contribution in [3.8, 4) is 0 Å². The first-order chi connectivity index (χ1) is 16.8. The third-order valence-corrected chi connectivity index (χ3v) is 5.26. The molecule has 0 spiro atoms. The smallest absolute Gasteiger partial charge is 0.349 e. The number of carboxylic acids is 1. The van der Waals surface area contributed by atoms with E-state index in [9.17, 15) is 24.3 Å². The number of amides is 1. The Morgan fingerprint density at radius 1 is 0.800 bits per heavy atom. The highest BCUT2D eigenvalue weighted by molar-refractivity contribution is 6.34. The third-order valence-electron chi connectivity index (χ3n) is 4.60. The minimum absolute atomic E-state index is 0.00542. The predicted octanol–water partition coefficient (Wildman–Crippen LogP) is 3.54. The summed E-state index contributed by atoms with van der Waals surface area (Å²) >= 11 is 12.0. The molecule has 2 aromatic carbocycles. The largest absolute Gasteiger partial charge is 0.478 e. The molecule has 0 saturated carbocycles. The van der Waals surface area contributed by atoms with E-state index in [0.717, 1.165) is 0 Å². The van der Waals surface area contributed by atoms with Crippen LogP contribution in [0, 0.1) is 0 Å². The van der Waals surface area contributed by atoms with Crippen LogP contribution >= 0.6 is 23.2 Å². The second kappa shape index (κ2) is 12.0. The number of carbonyl (C=O) groups is 4. The summed E-state index contributed by atoms with van der Waals surface area (Å²) in [6.45, 7) is -0.107. The Bertz CT molecular complexity index is 1240. The first kappa shape index (κ1) is 25.7. The van der Waals surface area contributed by atoms with Gasteiger partial charge in [-0.15, -0.1) is 0 Å². The molecular weight excluding hydrogens is 499 g/mol. The third kappa shape index (κ3) is 6.78. The number of pyridine rings is 1. The van der Waals surface area contributed by atoms with Gasteiger partial charge < -0.3 is 19.9 Å². The predicted molar refractivity (Wildman–Crippen MR) is 125 cm³/mol. The number of esters is 2. The topological polar surface area (TPSA) is 132 Å². The summed E-state index contributed by atoms with van der Waals surface area (Å²) in [4.78, 5) is 54.4. The summed E-state index contributed by atoms with van der Waals surface area (Å²) in [6, 6.07) is 16.6. The van der Waals surface area contributed by atoms with E-state index in [-0.39, 0.29) is 27.7 Å². The number of nitrogens with zero attached hydrogens (tertiary/aromatic N) is 1. The molecule has 0 saturated heterocycles. The molecule has 11 heteroatoms. The summed E-state index contributed by atoms with van der Waals surface area (Å²) in [5.74, 6) is -4.97. The average Bonchev–Trinajstić information content (AvgIpc) is 2.85. The molecule has 0 radical (unpaired) electrons. The molecule has 1 heterocycles. The zero-order valence-corrected chi connectivity index (χ0v) is 19.4. The van der Waals surface area contributed by atoms with Crippen molar-refractivity contribution in [1.82, 2.24) is 10.3 Å². The zero-order chi connectivity index (χ0) is 25.4. The van der Waals surface area contributed by atoms with Crippen molar-refractivity contribution >= 4 is 47.0 Å². The van der Waals surface area contributed by atoms with E-state index in [1.165, 1.54) is 42.6 Å². The van der Waals surface area contributed by atoms with Crippen LogP contribution in [-0.2, 0) is 25.6 Å². The van der Waals surface area contributed by atoms with Crippen molar-refractivity contribution in [1.29, 1.82) is 0 Å². The number of ether oxygens (including phenoxy) is 2. The van der Waals surface area contributed by atoms with Gasteiger partial charge in [0.05, 0.1) is 33.4 Å². The number of nitrogens with one attached hydrogen (secondary N) is 1. The maximum absolute atomic E-state index is 13.0. The maximum Gasteiger partial charge on any atom is 0.349 e. The second-order valence-corrected chi connectivity index (χ2v) is 7.80. The van der Waals surface area contributed by atoms with E-state index in [2.05, 4.69) is 10.3 Å². The number of halogens is 2. The number of benzene rings is 2. The number of carbonyl (C=O) groups excluding carboxylic acids is 3. The lowest BCUT2D eigenvalue weighted by Crippen LogP contribution is -2.50. The molecule has 0 aliphatic carbocycles. The van der Waals surface area contributed by atoms with Crippen molar-refractivity contribution in [2.24, 2.45) is 0 Å². The van der Waals surface area contributed by atoms with Gasteiger partial charge in [0, 0.05) is 6.20 Å². The van der Waals surface area contributed by atoms with Crippen LogP contribution in [0.4, 0.5) is 0 Å². The molecule has 0 aliphatic rings. The summed E-state index contributed by atoms with van der Waals surface area (Å²) in [5.41, 5.74) is 0.209. The highest BCUT2D eigenvalue weighted by atomic mass is 35.5. The molecule has 35 heavy (non-hydrogen) atoms. The lowest BCUT2D eigenvalue weighted by atomic mass is 10.1. The summed E-state index contributed by atoms with van der Waals surface area (Å²) in [7, 11) is 0. The number of aromatic nitrogens is 1. The van der Waals surface area contributed by atoms with Gasteiger partial charge in [-0.2, -0.15) is 0 Å². The van der Waals surface area contributed by atoms with Crippen molar-refractivity contribution < 1.29 is 33.8 Å². The van der Waals surface area contributed by atoms with Crippen molar-refractivity contribution in [3.63, 3.8) is 0 Å². The van der Waals surface area contributed by atoms with Crippen LogP contribution in [0.2, 0.25) is 10.0 Å². The molecule has 3 aromatic rings. The van der Waals surface area contributed by atoms with Gasteiger partial charge >= 0.3 is 17.9 Å². The molecule has 1 amide bonds. The molecule has 2 N–H and O–H groups in total.